The highest BCUT2D eigenvalue weighted by atomic mass is 79.9. The molecule has 3 heteroatoms. The molecule has 0 fully saturated rings. The molecule has 0 aliphatic rings. The van der Waals surface area contributed by atoms with E-state index in [4.69, 9.17) is 5.73 Å². The van der Waals surface area contributed by atoms with Gasteiger partial charge in [0.25, 0.3) is 0 Å². The lowest BCUT2D eigenvalue weighted by Gasteiger charge is -1.98. The zero-order chi connectivity index (χ0) is 8.59. The molecule has 1 aromatic heterocycles. The van der Waals surface area contributed by atoms with E-state index in [0.717, 1.165) is 4.47 Å². The molecule has 0 spiro atoms. The van der Waals surface area contributed by atoms with Crippen LogP contribution in [0, 0.1) is 13.8 Å². The van der Waals surface area contributed by atoms with Crippen LogP contribution in [0.5, 0.6) is 0 Å². The molecule has 0 bridgehead atoms. The van der Waals surface area contributed by atoms with Crippen LogP contribution >= 0.6 is 15.9 Å². The Balaban J connectivity index is 3.36. The van der Waals surface area contributed by atoms with Crippen molar-refractivity contribution in [2.75, 3.05) is 0 Å². The second-order valence-corrected chi connectivity index (χ2v) is 3.52. The van der Waals surface area contributed by atoms with Crippen LogP contribution in [0.15, 0.2) is 4.47 Å². The van der Waals surface area contributed by atoms with Crippen LogP contribution in [-0.2, 0) is 13.6 Å². The summed E-state index contributed by atoms with van der Waals surface area (Å²) in [6, 6.07) is 0. The van der Waals surface area contributed by atoms with Crippen molar-refractivity contribution < 1.29 is 0 Å². The summed E-state index contributed by atoms with van der Waals surface area (Å²) in [5.74, 6) is 0. The first-order chi connectivity index (χ1) is 5.09. The van der Waals surface area contributed by atoms with Gasteiger partial charge in [0.15, 0.2) is 0 Å². The van der Waals surface area contributed by atoms with E-state index in [1.165, 1.54) is 17.0 Å². The molecule has 0 aromatic carbocycles. The molecule has 2 N–H and O–H groups in total. The second kappa shape index (κ2) is 2.99. The SMILES string of the molecule is Cc1c(Br)c(CN)c(C)n1C. The predicted octanol–water partition coefficient (Wildman–Crippen LogP) is 1.86. The first-order valence-corrected chi connectivity index (χ1v) is 4.39. The molecular formula is C8H13BrN2. The summed E-state index contributed by atoms with van der Waals surface area (Å²) in [4.78, 5) is 0. The van der Waals surface area contributed by atoms with E-state index in [1.807, 2.05) is 0 Å². The number of rotatable bonds is 1. The lowest BCUT2D eigenvalue weighted by atomic mass is 10.2. The van der Waals surface area contributed by atoms with Gasteiger partial charge in [-0.2, -0.15) is 0 Å². The summed E-state index contributed by atoms with van der Waals surface area (Å²) < 4.78 is 3.30. The average molecular weight is 217 g/mol. The topological polar surface area (TPSA) is 30.9 Å². The fourth-order valence-electron chi connectivity index (χ4n) is 1.22. The minimum absolute atomic E-state index is 0.605. The Morgan fingerprint density at radius 3 is 2.09 bits per heavy atom. The fraction of sp³-hybridized carbons (Fsp3) is 0.500. The van der Waals surface area contributed by atoms with Crippen LogP contribution in [0.4, 0.5) is 0 Å². The number of hydrogen-bond acceptors (Lipinski definition) is 1. The molecule has 0 aliphatic carbocycles. The highest BCUT2D eigenvalue weighted by Gasteiger charge is 2.10. The van der Waals surface area contributed by atoms with Gasteiger partial charge in [0.1, 0.15) is 0 Å². The summed E-state index contributed by atoms with van der Waals surface area (Å²) in [7, 11) is 2.05. The van der Waals surface area contributed by atoms with E-state index < -0.39 is 0 Å². The molecule has 1 aromatic rings. The third-order valence-corrected chi connectivity index (χ3v) is 3.28. The molecule has 1 heterocycles. The molecule has 11 heavy (non-hydrogen) atoms. The van der Waals surface area contributed by atoms with E-state index >= 15 is 0 Å². The Kier molecular flexibility index (Phi) is 2.40. The summed E-state index contributed by atoms with van der Waals surface area (Å²) in [6.07, 6.45) is 0. The molecule has 0 aliphatic heterocycles. The summed E-state index contributed by atoms with van der Waals surface area (Å²) >= 11 is 3.51. The average Bonchev–Trinajstić information content (AvgIpc) is 2.17. The number of nitrogens with two attached hydrogens (primary N) is 1. The lowest BCUT2D eigenvalue weighted by molar-refractivity contribution is 0.833. The maximum Gasteiger partial charge on any atom is 0.0429 e. The van der Waals surface area contributed by atoms with Crippen molar-refractivity contribution in [1.29, 1.82) is 0 Å². The van der Waals surface area contributed by atoms with Crippen molar-refractivity contribution in [2.24, 2.45) is 12.8 Å². The lowest BCUT2D eigenvalue weighted by Crippen LogP contribution is -1.99. The maximum atomic E-state index is 5.59. The summed E-state index contributed by atoms with van der Waals surface area (Å²) in [5.41, 5.74) is 9.29. The van der Waals surface area contributed by atoms with Crippen molar-refractivity contribution >= 4 is 15.9 Å². The monoisotopic (exact) mass is 216 g/mol. The first-order valence-electron chi connectivity index (χ1n) is 3.60. The van der Waals surface area contributed by atoms with Crippen molar-refractivity contribution in [3.63, 3.8) is 0 Å². The molecule has 0 amide bonds. The molecule has 0 unspecified atom stereocenters. The van der Waals surface area contributed by atoms with Crippen LogP contribution in [0.25, 0.3) is 0 Å². The Morgan fingerprint density at radius 1 is 1.36 bits per heavy atom. The van der Waals surface area contributed by atoms with Gasteiger partial charge in [-0.05, 0) is 29.8 Å². The highest BCUT2D eigenvalue weighted by molar-refractivity contribution is 9.10. The Labute approximate surface area is 75.5 Å². The molecule has 0 saturated carbocycles. The highest BCUT2D eigenvalue weighted by Crippen LogP contribution is 2.25. The normalized spacial score (nSPS) is 10.6. The Hall–Kier alpha value is -0.280. The molecule has 0 saturated heterocycles. The molecule has 2 nitrogen and oxygen atoms in total. The van der Waals surface area contributed by atoms with Crippen molar-refractivity contribution in [3.05, 3.63) is 21.4 Å². The van der Waals surface area contributed by atoms with Crippen LogP contribution in [0.1, 0.15) is 17.0 Å². The minimum Gasteiger partial charge on any atom is -0.351 e. The van der Waals surface area contributed by atoms with Crippen LogP contribution in [0.3, 0.4) is 0 Å². The first kappa shape index (κ1) is 8.81. The van der Waals surface area contributed by atoms with E-state index in [1.54, 1.807) is 0 Å². The van der Waals surface area contributed by atoms with Crippen molar-refractivity contribution in [3.8, 4) is 0 Å². The zero-order valence-electron chi connectivity index (χ0n) is 7.11. The molecular weight excluding hydrogens is 204 g/mol. The number of aromatic nitrogens is 1. The maximum absolute atomic E-state index is 5.59. The van der Waals surface area contributed by atoms with Gasteiger partial charge >= 0.3 is 0 Å². The van der Waals surface area contributed by atoms with E-state index in [2.05, 4.69) is 41.4 Å². The molecule has 1 rings (SSSR count). The zero-order valence-corrected chi connectivity index (χ0v) is 8.70. The van der Waals surface area contributed by atoms with Crippen LogP contribution in [-0.4, -0.2) is 4.57 Å². The Morgan fingerprint density at radius 2 is 1.91 bits per heavy atom. The largest absolute Gasteiger partial charge is 0.351 e. The quantitative estimate of drug-likeness (QED) is 0.764. The smallest absolute Gasteiger partial charge is 0.0429 e. The van der Waals surface area contributed by atoms with Gasteiger partial charge < -0.3 is 10.3 Å². The minimum atomic E-state index is 0.605. The van der Waals surface area contributed by atoms with Gasteiger partial charge in [0, 0.05) is 35.0 Å². The van der Waals surface area contributed by atoms with E-state index in [9.17, 15) is 0 Å². The molecule has 0 atom stereocenters. The van der Waals surface area contributed by atoms with E-state index in [-0.39, 0.29) is 0 Å². The van der Waals surface area contributed by atoms with Crippen LogP contribution in [0.2, 0.25) is 0 Å². The van der Waals surface area contributed by atoms with Gasteiger partial charge in [-0.15, -0.1) is 0 Å². The van der Waals surface area contributed by atoms with Gasteiger partial charge in [-0.25, -0.2) is 0 Å². The third kappa shape index (κ3) is 1.23. The van der Waals surface area contributed by atoms with Crippen molar-refractivity contribution in [2.45, 2.75) is 20.4 Å². The summed E-state index contributed by atoms with van der Waals surface area (Å²) in [6.45, 7) is 4.77. The van der Waals surface area contributed by atoms with Gasteiger partial charge in [-0.3, -0.25) is 0 Å². The van der Waals surface area contributed by atoms with Gasteiger partial charge in [0.2, 0.25) is 0 Å². The number of hydrogen-bond donors (Lipinski definition) is 1. The van der Waals surface area contributed by atoms with Gasteiger partial charge in [0.05, 0.1) is 0 Å². The Bertz CT molecular complexity index is 251. The van der Waals surface area contributed by atoms with Crippen LogP contribution < -0.4 is 5.73 Å². The fourth-order valence-corrected chi connectivity index (χ4v) is 1.93. The summed E-state index contributed by atoms with van der Waals surface area (Å²) in [5, 5.41) is 0. The van der Waals surface area contributed by atoms with E-state index in [0.29, 0.717) is 6.54 Å². The van der Waals surface area contributed by atoms with Gasteiger partial charge in [-0.1, -0.05) is 0 Å². The second-order valence-electron chi connectivity index (χ2n) is 2.73. The number of halogens is 1. The number of nitrogens with zero attached hydrogens (tertiary/aromatic N) is 1. The van der Waals surface area contributed by atoms with Crippen molar-refractivity contribution in [1.82, 2.24) is 4.57 Å². The standard InChI is InChI=1S/C8H13BrN2/c1-5-7(4-10)8(9)6(2)11(5)3/h4,10H2,1-3H3. The predicted molar refractivity (Wildman–Crippen MR) is 50.5 cm³/mol. The molecule has 0 radical (unpaired) electrons. The molecule has 62 valence electrons. The third-order valence-electron chi connectivity index (χ3n) is 2.23.